The summed E-state index contributed by atoms with van der Waals surface area (Å²) in [6.07, 6.45) is 1.69. The van der Waals surface area contributed by atoms with E-state index in [-0.39, 0.29) is 12.4 Å². The minimum atomic E-state index is -0.250. The van der Waals surface area contributed by atoms with Gasteiger partial charge in [0.2, 0.25) is 5.91 Å². The van der Waals surface area contributed by atoms with Crippen LogP contribution in [-0.2, 0) is 27.2 Å². The third-order valence-electron chi connectivity index (χ3n) is 5.08. The van der Waals surface area contributed by atoms with Crippen molar-refractivity contribution in [1.82, 2.24) is 20.0 Å². The number of aromatic amines is 1. The van der Waals surface area contributed by atoms with Gasteiger partial charge in [-0.05, 0) is 6.42 Å². The van der Waals surface area contributed by atoms with Gasteiger partial charge in [-0.1, -0.05) is 30.3 Å². The van der Waals surface area contributed by atoms with Gasteiger partial charge < -0.3 is 14.7 Å². The van der Waals surface area contributed by atoms with Gasteiger partial charge in [0.1, 0.15) is 0 Å². The third kappa shape index (κ3) is 4.96. The van der Waals surface area contributed by atoms with Crippen molar-refractivity contribution < 1.29 is 19.4 Å². The maximum absolute atomic E-state index is 12.7. The zero-order valence-electron chi connectivity index (χ0n) is 15.8. The molecular weight excluding hydrogens is 360 g/mol. The van der Waals surface area contributed by atoms with Crippen LogP contribution >= 0.6 is 0 Å². The first kappa shape index (κ1) is 20.0. The Hall–Kier alpha value is -2.71. The molecule has 0 spiro atoms. The minimum absolute atomic E-state index is 0.223. The van der Waals surface area contributed by atoms with Crippen LogP contribution in [0.5, 0.6) is 0 Å². The molecule has 0 bridgehead atoms. The molecule has 1 aromatic heterocycles. The number of morpholine rings is 1. The van der Waals surface area contributed by atoms with Crippen molar-refractivity contribution in [1.29, 1.82) is 0 Å². The summed E-state index contributed by atoms with van der Waals surface area (Å²) in [6.45, 7) is 4.92. The molecule has 2 N–H and O–H groups in total. The predicted molar refractivity (Wildman–Crippen MR) is 104 cm³/mol. The van der Waals surface area contributed by atoms with Crippen molar-refractivity contribution in [2.75, 3.05) is 45.9 Å². The van der Waals surface area contributed by atoms with Crippen molar-refractivity contribution in [3.63, 3.8) is 0 Å². The molecule has 150 valence electrons. The molecule has 1 fully saturated rings. The lowest BCUT2D eigenvalue weighted by molar-refractivity contribution is -0.133. The van der Waals surface area contributed by atoms with Crippen molar-refractivity contribution in [3.8, 4) is 11.3 Å². The molecule has 8 heteroatoms. The number of nitrogens with one attached hydrogen (secondary N) is 1. The van der Waals surface area contributed by atoms with Crippen LogP contribution in [-0.4, -0.2) is 83.4 Å². The molecule has 1 amide bonds. The standard InChI is InChI=1S/C19H24N4O2.CH2O2/c24-18(14-22-10-12-25-13-11-22)23-8-6-16-17(7-9-23)20-21-19(16)15-4-2-1-3-5-15;2-1-3/h1-5H,6-14H2,(H,20,21);1H,(H,2,3). The van der Waals surface area contributed by atoms with E-state index in [1.54, 1.807) is 0 Å². The highest BCUT2D eigenvalue weighted by Gasteiger charge is 2.24. The number of nitrogens with zero attached hydrogens (tertiary/aromatic N) is 3. The average Bonchev–Trinajstić information content (AvgIpc) is 3.01. The summed E-state index contributed by atoms with van der Waals surface area (Å²) in [7, 11) is 0. The lowest BCUT2D eigenvalue weighted by Gasteiger charge is -2.29. The number of carbonyl (C=O) groups excluding carboxylic acids is 1. The number of aromatic nitrogens is 2. The van der Waals surface area contributed by atoms with Crippen LogP contribution in [0.3, 0.4) is 0 Å². The fraction of sp³-hybridized carbons (Fsp3) is 0.450. The third-order valence-corrected chi connectivity index (χ3v) is 5.08. The van der Waals surface area contributed by atoms with E-state index >= 15 is 0 Å². The van der Waals surface area contributed by atoms with Crippen LogP contribution in [0.4, 0.5) is 0 Å². The SMILES string of the molecule is O=C(CN1CCOCC1)N1CCc2[nH]nc(-c3ccccc3)c2CC1.O=CO. The largest absolute Gasteiger partial charge is 0.483 e. The van der Waals surface area contributed by atoms with Gasteiger partial charge in [-0.2, -0.15) is 5.10 Å². The normalized spacial score (nSPS) is 17.1. The summed E-state index contributed by atoms with van der Waals surface area (Å²) in [6, 6.07) is 10.3. The number of rotatable bonds is 3. The van der Waals surface area contributed by atoms with E-state index in [0.29, 0.717) is 6.54 Å². The number of ether oxygens (including phenoxy) is 1. The number of H-pyrrole nitrogens is 1. The number of carboxylic acid groups (broad SMARTS) is 1. The number of benzene rings is 1. The Morgan fingerprint density at radius 3 is 2.54 bits per heavy atom. The Balaban J connectivity index is 0.000000706. The van der Waals surface area contributed by atoms with E-state index in [0.717, 1.165) is 63.5 Å². The molecule has 2 aliphatic rings. The molecule has 1 saturated heterocycles. The highest BCUT2D eigenvalue weighted by molar-refractivity contribution is 5.78. The van der Waals surface area contributed by atoms with Crippen molar-refractivity contribution in [3.05, 3.63) is 41.6 Å². The van der Waals surface area contributed by atoms with Gasteiger partial charge in [0.05, 0.1) is 25.5 Å². The summed E-state index contributed by atoms with van der Waals surface area (Å²) < 4.78 is 5.36. The van der Waals surface area contributed by atoms with Gasteiger partial charge in [0.25, 0.3) is 6.47 Å². The molecule has 28 heavy (non-hydrogen) atoms. The van der Waals surface area contributed by atoms with E-state index in [2.05, 4.69) is 27.2 Å². The Labute approximate surface area is 164 Å². The summed E-state index contributed by atoms with van der Waals surface area (Å²) in [5, 5.41) is 14.6. The monoisotopic (exact) mass is 386 g/mol. The molecule has 1 aromatic carbocycles. The van der Waals surface area contributed by atoms with Crippen LogP contribution < -0.4 is 0 Å². The molecular formula is C20H26N4O4. The second-order valence-electron chi connectivity index (χ2n) is 6.77. The fourth-order valence-electron chi connectivity index (χ4n) is 3.62. The smallest absolute Gasteiger partial charge is 0.290 e. The zero-order valence-corrected chi connectivity index (χ0v) is 15.8. The highest BCUT2D eigenvalue weighted by atomic mass is 16.5. The van der Waals surface area contributed by atoms with Crippen LogP contribution in [0.15, 0.2) is 30.3 Å². The second kappa shape index (κ2) is 10.0. The molecule has 3 heterocycles. The summed E-state index contributed by atoms with van der Waals surface area (Å²) in [5.74, 6) is 0.223. The second-order valence-corrected chi connectivity index (χ2v) is 6.77. The van der Waals surface area contributed by atoms with E-state index in [4.69, 9.17) is 14.6 Å². The van der Waals surface area contributed by atoms with Crippen LogP contribution in [0.2, 0.25) is 0 Å². The first-order valence-electron chi connectivity index (χ1n) is 9.50. The molecule has 2 aromatic rings. The zero-order chi connectivity index (χ0) is 19.8. The predicted octanol–water partition coefficient (Wildman–Crippen LogP) is 1.04. The van der Waals surface area contributed by atoms with E-state index in [9.17, 15) is 4.79 Å². The first-order chi connectivity index (χ1) is 13.7. The van der Waals surface area contributed by atoms with Crippen LogP contribution in [0, 0.1) is 0 Å². The molecule has 4 rings (SSSR count). The lowest BCUT2D eigenvalue weighted by atomic mass is 10.0. The van der Waals surface area contributed by atoms with Crippen molar-refractivity contribution >= 4 is 12.4 Å². The quantitative estimate of drug-likeness (QED) is 0.765. The van der Waals surface area contributed by atoms with Crippen molar-refractivity contribution in [2.45, 2.75) is 12.8 Å². The van der Waals surface area contributed by atoms with Gasteiger partial charge in [0.15, 0.2) is 0 Å². The Morgan fingerprint density at radius 1 is 1.14 bits per heavy atom. The van der Waals surface area contributed by atoms with Crippen LogP contribution in [0.25, 0.3) is 11.3 Å². The van der Waals surface area contributed by atoms with Gasteiger partial charge in [-0.3, -0.25) is 19.6 Å². The first-order valence-corrected chi connectivity index (χ1v) is 9.50. The molecule has 0 atom stereocenters. The number of hydrogen-bond donors (Lipinski definition) is 2. The molecule has 0 radical (unpaired) electrons. The maximum Gasteiger partial charge on any atom is 0.290 e. The highest BCUT2D eigenvalue weighted by Crippen LogP contribution is 2.26. The van der Waals surface area contributed by atoms with E-state index in [1.807, 2.05) is 23.1 Å². The van der Waals surface area contributed by atoms with Crippen molar-refractivity contribution in [2.24, 2.45) is 0 Å². The van der Waals surface area contributed by atoms with Gasteiger partial charge >= 0.3 is 0 Å². The summed E-state index contributed by atoms with van der Waals surface area (Å²) in [5.41, 5.74) is 4.58. The molecule has 0 saturated carbocycles. The Kier molecular flexibility index (Phi) is 7.16. The number of hydrogen-bond acceptors (Lipinski definition) is 5. The fourth-order valence-corrected chi connectivity index (χ4v) is 3.62. The van der Waals surface area contributed by atoms with E-state index < -0.39 is 0 Å². The van der Waals surface area contributed by atoms with Gasteiger partial charge in [-0.25, -0.2) is 0 Å². The molecule has 0 aliphatic carbocycles. The molecule has 2 aliphatic heterocycles. The Morgan fingerprint density at radius 2 is 1.82 bits per heavy atom. The maximum atomic E-state index is 12.7. The number of amides is 1. The summed E-state index contributed by atoms with van der Waals surface area (Å²) >= 11 is 0. The van der Waals surface area contributed by atoms with Gasteiger partial charge in [-0.15, -0.1) is 0 Å². The Bertz CT molecular complexity index is 772. The topological polar surface area (TPSA) is 98.8 Å². The number of fused-ring (bicyclic) bond motifs is 1. The van der Waals surface area contributed by atoms with Gasteiger partial charge in [0, 0.05) is 49.4 Å². The number of carbonyl (C=O) groups is 2. The molecule has 8 nitrogen and oxygen atoms in total. The lowest BCUT2D eigenvalue weighted by Crippen LogP contribution is -2.45. The average molecular weight is 386 g/mol. The minimum Gasteiger partial charge on any atom is -0.483 e. The van der Waals surface area contributed by atoms with E-state index in [1.165, 1.54) is 11.3 Å². The molecule has 0 unspecified atom stereocenters. The van der Waals surface area contributed by atoms with Crippen LogP contribution in [0.1, 0.15) is 11.3 Å². The summed E-state index contributed by atoms with van der Waals surface area (Å²) in [4.78, 5) is 25.2.